The highest BCUT2D eigenvalue weighted by molar-refractivity contribution is 5.82. The van der Waals surface area contributed by atoms with Crippen LogP contribution in [0.15, 0.2) is 48.5 Å². The third-order valence-corrected chi connectivity index (χ3v) is 4.21. The van der Waals surface area contributed by atoms with Gasteiger partial charge >= 0.3 is 0 Å². The zero-order chi connectivity index (χ0) is 17.9. The maximum atomic E-state index is 10.8. The van der Waals surface area contributed by atoms with E-state index in [0.29, 0.717) is 19.8 Å². The van der Waals surface area contributed by atoms with Crippen molar-refractivity contribution in [2.24, 2.45) is 0 Å². The molecule has 7 nitrogen and oxygen atoms in total. The molecular weight excluding hydrogens is 334 g/mol. The summed E-state index contributed by atoms with van der Waals surface area (Å²) in [7, 11) is 0. The van der Waals surface area contributed by atoms with E-state index in [0.717, 1.165) is 40.2 Å². The van der Waals surface area contributed by atoms with Crippen LogP contribution in [0, 0.1) is 10.1 Å². The Balaban J connectivity index is 1.41. The number of hydrogen-bond acceptors (Lipinski definition) is 6. The molecule has 0 bridgehead atoms. The smallest absolute Gasteiger partial charge is 0.270 e. The summed E-state index contributed by atoms with van der Waals surface area (Å²) in [6.07, 6.45) is 0.816. The standard InChI is InChI=1S/C19H17N3O4/c23-22(24)15-3-4-16-14(12-15)2-6-19(21-16)20-8-7-13-1-5-17-18(11-13)26-10-9-25-17/h1-6,11-12H,7-10H2,(H,20,21). The van der Waals surface area contributed by atoms with E-state index in [4.69, 9.17) is 9.47 Å². The van der Waals surface area contributed by atoms with E-state index in [2.05, 4.69) is 10.3 Å². The maximum Gasteiger partial charge on any atom is 0.270 e. The average Bonchev–Trinajstić information content (AvgIpc) is 2.67. The molecule has 2 heterocycles. The van der Waals surface area contributed by atoms with Crippen molar-refractivity contribution < 1.29 is 14.4 Å². The van der Waals surface area contributed by atoms with Gasteiger partial charge in [-0.25, -0.2) is 4.98 Å². The first-order chi connectivity index (χ1) is 12.7. The number of rotatable bonds is 5. The second-order valence-electron chi connectivity index (χ2n) is 5.99. The quantitative estimate of drug-likeness (QED) is 0.559. The lowest BCUT2D eigenvalue weighted by atomic mass is 10.1. The van der Waals surface area contributed by atoms with Crippen LogP contribution in [-0.4, -0.2) is 29.7 Å². The minimum absolute atomic E-state index is 0.0682. The molecular formula is C19H17N3O4. The molecule has 2 aromatic carbocycles. The van der Waals surface area contributed by atoms with Crippen molar-refractivity contribution in [3.05, 3.63) is 64.2 Å². The molecule has 4 rings (SSSR count). The molecule has 3 aromatic rings. The molecule has 0 fully saturated rings. The molecule has 1 N–H and O–H groups in total. The zero-order valence-corrected chi connectivity index (χ0v) is 14.0. The van der Waals surface area contributed by atoms with E-state index in [-0.39, 0.29) is 5.69 Å². The van der Waals surface area contributed by atoms with Crippen molar-refractivity contribution in [2.75, 3.05) is 25.1 Å². The molecule has 0 unspecified atom stereocenters. The number of aromatic nitrogens is 1. The molecule has 7 heteroatoms. The van der Waals surface area contributed by atoms with Gasteiger partial charge in [-0.15, -0.1) is 0 Å². The van der Waals surface area contributed by atoms with Crippen molar-refractivity contribution in [3.63, 3.8) is 0 Å². The van der Waals surface area contributed by atoms with E-state index >= 15 is 0 Å². The van der Waals surface area contributed by atoms with Crippen molar-refractivity contribution in [2.45, 2.75) is 6.42 Å². The fourth-order valence-electron chi connectivity index (χ4n) is 2.90. The summed E-state index contributed by atoms with van der Waals surface area (Å²) in [5.41, 5.74) is 1.94. The van der Waals surface area contributed by atoms with Crippen LogP contribution in [0.25, 0.3) is 10.9 Å². The summed E-state index contributed by atoms with van der Waals surface area (Å²) in [6, 6.07) is 14.3. The van der Waals surface area contributed by atoms with Crippen LogP contribution in [0.5, 0.6) is 11.5 Å². The zero-order valence-electron chi connectivity index (χ0n) is 14.0. The Labute approximate surface area is 149 Å². The summed E-state index contributed by atoms with van der Waals surface area (Å²) in [6.45, 7) is 1.88. The SMILES string of the molecule is O=[N+]([O-])c1ccc2nc(NCCc3ccc4c(c3)OCCO4)ccc2c1. The summed E-state index contributed by atoms with van der Waals surface area (Å²) < 4.78 is 11.1. The Bertz CT molecular complexity index is 974. The van der Waals surface area contributed by atoms with E-state index in [1.807, 2.05) is 30.3 Å². The highest BCUT2D eigenvalue weighted by Gasteiger charge is 2.11. The van der Waals surface area contributed by atoms with Gasteiger partial charge in [0.2, 0.25) is 0 Å². The van der Waals surface area contributed by atoms with Gasteiger partial charge in [0.25, 0.3) is 5.69 Å². The fourth-order valence-corrected chi connectivity index (χ4v) is 2.90. The Morgan fingerprint density at radius 3 is 2.73 bits per heavy atom. The molecule has 0 atom stereocenters. The van der Waals surface area contributed by atoms with E-state index in [9.17, 15) is 10.1 Å². The normalized spacial score (nSPS) is 12.8. The molecule has 0 amide bonds. The largest absolute Gasteiger partial charge is 0.486 e. The number of benzene rings is 2. The van der Waals surface area contributed by atoms with Crippen LogP contribution < -0.4 is 14.8 Å². The number of ether oxygens (including phenoxy) is 2. The molecule has 0 aliphatic carbocycles. The summed E-state index contributed by atoms with van der Waals surface area (Å²) in [5.74, 6) is 2.32. The summed E-state index contributed by atoms with van der Waals surface area (Å²) >= 11 is 0. The number of nitro groups is 1. The second-order valence-corrected chi connectivity index (χ2v) is 5.99. The van der Waals surface area contributed by atoms with Crippen molar-refractivity contribution in [3.8, 4) is 11.5 Å². The second kappa shape index (κ2) is 6.87. The third-order valence-electron chi connectivity index (χ3n) is 4.21. The van der Waals surface area contributed by atoms with Crippen LogP contribution >= 0.6 is 0 Å². The van der Waals surface area contributed by atoms with Gasteiger partial charge < -0.3 is 14.8 Å². The average molecular weight is 351 g/mol. The summed E-state index contributed by atoms with van der Waals surface area (Å²) in [5, 5.41) is 14.9. The van der Waals surface area contributed by atoms with Gasteiger partial charge in [-0.05, 0) is 42.3 Å². The van der Waals surface area contributed by atoms with Gasteiger partial charge in [0.05, 0.1) is 10.4 Å². The molecule has 0 saturated heterocycles. The van der Waals surface area contributed by atoms with Gasteiger partial charge in [-0.1, -0.05) is 6.07 Å². The van der Waals surface area contributed by atoms with Gasteiger partial charge in [0, 0.05) is 24.1 Å². The molecule has 0 radical (unpaired) electrons. The first-order valence-corrected chi connectivity index (χ1v) is 8.37. The lowest BCUT2D eigenvalue weighted by Crippen LogP contribution is -2.15. The monoisotopic (exact) mass is 351 g/mol. The lowest BCUT2D eigenvalue weighted by molar-refractivity contribution is -0.384. The number of nitrogens with one attached hydrogen (secondary N) is 1. The fraction of sp³-hybridized carbons (Fsp3) is 0.211. The molecule has 1 aliphatic rings. The van der Waals surface area contributed by atoms with Gasteiger partial charge in [-0.3, -0.25) is 10.1 Å². The molecule has 0 spiro atoms. The number of fused-ring (bicyclic) bond motifs is 2. The number of non-ortho nitro benzene ring substituents is 1. The summed E-state index contributed by atoms with van der Waals surface area (Å²) in [4.78, 5) is 14.9. The van der Waals surface area contributed by atoms with E-state index in [1.165, 1.54) is 12.1 Å². The van der Waals surface area contributed by atoms with Crippen LogP contribution in [0.3, 0.4) is 0 Å². The van der Waals surface area contributed by atoms with Gasteiger partial charge in [0.1, 0.15) is 19.0 Å². The Morgan fingerprint density at radius 1 is 1.04 bits per heavy atom. The van der Waals surface area contributed by atoms with E-state index in [1.54, 1.807) is 6.07 Å². The first kappa shape index (κ1) is 16.1. The Morgan fingerprint density at radius 2 is 1.88 bits per heavy atom. The number of pyridine rings is 1. The van der Waals surface area contributed by atoms with E-state index < -0.39 is 4.92 Å². The lowest BCUT2D eigenvalue weighted by Gasteiger charge is -2.18. The van der Waals surface area contributed by atoms with Crippen LogP contribution in [0.4, 0.5) is 11.5 Å². The molecule has 26 heavy (non-hydrogen) atoms. The molecule has 132 valence electrons. The Kier molecular flexibility index (Phi) is 4.27. The van der Waals surface area contributed by atoms with Crippen LogP contribution in [-0.2, 0) is 6.42 Å². The predicted octanol–water partition coefficient (Wildman–Crippen LogP) is 3.57. The van der Waals surface area contributed by atoms with Crippen LogP contribution in [0.1, 0.15) is 5.56 Å². The highest BCUT2D eigenvalue weighted by atomic mass is 16.6. The minimum atomic E-state index is -0.404. The number of anilines is 1. The number of nitrogens with zero attached hydrogens (tertiary/aromatic N) is 2. The molecule has 0 saturated carbocycles. The first-order valence-electron chi connectivity index (χ1n) is 8.37. The molecule has 1 aromatic heterocycles. The number of hydrogen-bond donors (Lipinski definition) is 1. The maximum absolute atomic E-state index is 10.8. The van der Waals surface area contributed by atoms with Crippen molar-refractivity contribution >= 4 is 22.4 Å². The van der Waals surface area contributed by atoms with Crippen molar-refractivity contribution in [1.29, 1.82) is 0 Å². The van der Waals surface area contributed by atoms with Gasteiger partial charge in [-0.2, -0.15) is 0 Å². The Hall–Kier alpha value is -3.35. The molecule has 1 aliphatic heterocycles. The van der Waals surface area contributed by atoms with Gasteiger partial charge in [0.15, 0.2) is 11.5 Å². The number of nitro benzene ring substituents is 1. The third kappa shape index (κ3) is 3.37. The minimum Gasteiger partial charge on any atom is -0.486 e. The van der Waals surface area contributed by atoms with Crippen molar-refractivity contribution in [1.82, 2.24) is 4.98 Å². The van der Waals surface area contributed by atoms with Crippen LogP contribution in [0.2, 0.25) is 0 Å². The topological polar surface area (TPSA) is 86.5 Å². The highest BCUT2D eigenvalue weighted by Crippen LogP contribution is 2.30. The predicted molar refractivity (Wildman–Crippen MR) is 98.0 cm³/mol.